The minimum absolute atomic E-state index is 0.0859. The molecule has 2 aromatic heterocycles. The van der Waals surface area contributed by atoms with Crippen LogP contribution in [-0.4, -0.2) is 15.8 Å². The number of benzene rings is 12. The standard InChI is InChI=1S/C92H83BN4/c1-88(2,3)72-27-17-12-22-67(72)62-38-47-83-78(54-62)93-77-46-43-65(96-79-28-18-13-23-68(79)69-24-14-19-29-80(69)96)55-84(77)95(64-41-34-59(35-42-64)61-37-45-74-76(53-61)92(10,11)51-49-90(74,6)7)86-57-66(97-81-30-20-15-25-70(81)71-26-16-21-31-82(71)97)56-85(87(86)93)94(83)63-39-32-58(33-40-63)60-36-44-73-75(52-60)91(8,9)50-48-89(73,4)5/h12-47,52-57H,48-51H2,1-11H3. The van der Waals surface area contributed by atoms with Crippen molar-refractivity contribution in [1.29, 1.82) is 0 Å². The number of hydrogen-bond donors (Lipinski definition) is 0. The molecular formula is C92H83BN4. The second kappa shape index (κ2) is 21.2. The fourth-order valence-corrected chi connectivity index (χ4v) is 17.9. The van der Waals surface area contributed by atoms with E-state index < -0.39 is 0 Å². The minimum Gasteiger partial charge on any atom is -0.311 e. The smallest absolute Gasteiger partial charge is 0.252 e. The first-order valence-corrected chi connectivity index (χ1v) is 35.3. The number of fused-ring (bicyclic) bond motifs is 12. The van der Waals surface area contributed by atoms with E-state index in [9.17, 15) is 0 Å². The third-order valence-corrected chi connectivity index (χ3v) is 23.4. The van der Waals surface area contributed by atoms with E-state index in [2.05, 4.69) is 350 Å². The van der Waals surface area contributed by atoms with Crippen LogP contribution in [0.25, 0.3) is 88.4 Å². The van der Waals surface area contributed by atoms with E-state index in [0.29, 0.717) is 0 Å². The van der Waals surface area contributed by atoms with Gasteiger partial charge in [0, 0.05) is 61.4 Å². The summed E-state index contributed by atoms with van der Waals surface area (Å²) in [5.74, 6) is 0. The normalized spacial score (nSPS) is 16.3. The van der Waals surface area contributed by atoms with E-state index in [1.165, 1.54) is 158 Å². The van der Waals surface area contributed by atoms with E-state index in [1.807, 2.05) is 0 Å². The molecule has 474 valence electrons. The summed E-state index contributed by atoms with van der Waals surface area (Å²) in [7, 11) is 0. The average molecular weight is 1260 g/mol. The van der Waals surface area contributed by atoms with Gasteiger partial charge >= 0.3 is 0 Å². The van der Waals surface area contributed by atoms with Gasteiger partial charge in [0.15, 0.2) is 0 Å². The first kappa shape index (κ1) is 59.4. The predicted octanol–water partition coefficient (Wildman–Crippen LogP) is 23.0. The maximum Gasteiger partial charge on any atom is 0.252 e. The number of nitrogens with zero attached hydrogens (tertiary/aromatic N) is 4. The van der Waals surface area contributed by atoms with Crippen molar-refractivity contribution in [2.24, 2.45) is 0 Å². The number of anilines is 6. The second-order valence-electron chi connectivity index (χ2n) is 32.2. The molecule has 0 atom stereocenters. The molecule has 14 aromatic rings. The molecule has 4 heterocycles. The Morgan fingerprint density at radius 3 is 1.15 bits per heavy atom. The summed E-state index contributed by atoms with van der Waals surface area (Å²) < 4.78 is 5.02. The molecule has 0 bridgehead atoms. The summed E-state index contributed by atoms with van der Waals surface area (Å²) in [6, 6.07) is 98.5. The number of rotatable bonds is 7. The summed E-state index contributed by atoms with van der Waals surface area (Å²) >= 11 is 0. The van der Waals surface area contributed by atoms with Gasteiger partial charge in [-0.25, -0.2) is 0 Å². The minimum atomic E-state index is -0.159. The Morgan fingerprint density at radius 1 is 0.299 bits per heavy atom. The van der Waals surface area contributed by atoms with Crippen LogP contribution in [0.1, 0.15) is 130 Å². The Hall–Kier alpha value is -10.1. The Bertz CT molecular complexity index is 5480. The van der Waals surface area contributed by atoms with Crippen molar-refractivity contribution in [3.8, 4) is 44.8 Å². The lowest BCUT2D eigenvalue weighted by Crippen LogP contribution is -2.61. The molecule has 4 aliphatic rings. The summed E-state index contributed by atoms with van der Waals surface area (Å²) in [6.07, 6.45) is 4.73. The van der Waals surface area contributed by atoms with Crippen molar-refractivity contribution < 1.29 is 0 Å². The zero-order valence-electron chi connectivity index (χ0n) is 57.9. The lowest BCUT2D eigenvalue weighted by Gasteiger charge is -2.45. The van der Waals surface area contributed by atoms with E-state index in [0.717, 1.165) is 34.1 Å². The van der Waals surface area contributed by atoms with Crippen LogP contribution in [0.5, 0.6) is 0 Å². The lowest BCUT2D eigenvalue weighted by atomic mass is 9.33. The topological polar surface area (TPSA) is 16.3 Å². The average Bonchev–Trinajstić information content (AvgIpc) is 1.19. The molecule has 0 amide bonds. The molecule has 0 unspecified atom stereocenters. The van der Waals surface area contributed by atoms with Gasteiger partial charge in [0.2, 0.25) is 0 Å². The van der Waals surface area contributed by atoms with Gasteiger partial charge in [0.1, 0.15) is 0 Å². The van der Waals surface area contributed by atoms with Crippen LogP contribution in [0, 0.1) is 0 Å². The van der Waals surface area contributed by atoms with Crippen LogP contribution in [-0.2, 0) is 27.1 Å². The Balaban J connectivity index is 0.920. The van der Waals surface area contributed by atoms with Gasteiger partial charge < -0.3 is 18.9 Å². The van der Waals surface area contributed by atoms with Gasteiger partial charge in [-0.05, 0) is 209 Å². The summed E-state index contributed by atoms with van der Waals surface area (Å²) in [5, 5.41) is 4.97. The molecule has 2 aliphatic heterocycles. The van der Waals surface area contributed by atoms with Crippen LogP contribution in [0.2, 0.25) is 0 Å². The highest BCUT2D eigenvalue weighted by molar-refractivity contribution is 7.00. The van der Waals surface area contributed by atoms with Gasteiger partial charge in [0.25, 0.3) is 6.71 Å². The van der Waals surface area contributed by atoms with Crippen LogP contribution in [0.4, 0.5) is 34.1 Å². The lowest BCUT2D eigenvalue weighted by molar-refractivity contribution is 0.332. The molecule has 0 saturated carbocycles. The van der Waals surface area contributed by atoms with Crippen LogP contribution >= 0.6 is 0 Å². The molecule has 4 nitrogen and oxygen atoms in total. The summed E-state index contributed by atoms with van der Waals surface area (Å²) in [6.45, 7) is 26.3. The molecule has 0 fully saturated rings. The Labute approximate surface area is 572 Å². The fraction of sp³-hybridized carbons (Fsp3) is 0.217. The maximum atomic E-state index is 2.63. The first-order valence-electron chi connectivity index (χ1n) is 35.3. The third-order valence-electron chi connectivity index (χ3n) is 23.4. The molecule has 0 saturated heterocycles. The van der Waals surface area contributed by atoms with Crippen LogP contribution < -0.4 is 26.2 Å². The van der Waals surface area contributed by atoms with Gasteiger partial charge in [-0.2, -0.15) is 0 Å². The highest BCUT2D eigenvalue weighted by Crippen LogP contribution is 2.52. The SMILES string of the molecule is CC(C)(C)c1ccccc1-c1ccc2c(c1)B1c3ccc(-n4c5ccccc5c5ccccc54)cc3N(c3ccc(-c4ccc5c(c4)C(C)(C)CCC5(C)C)cc3)c3cc(-n4c5ccccc5c5ccccc54)cc(c31)N2c1ccc(-c2ccc3c(c2)C(C)(C)CCC3(C)C)cc1. The molecule has 97 heavy (non-hydrogen) atoms. The summed E-state index contributed by atoms with van der Waals surface area (Å²) in [5.41, 5.74) is 32.8. The Kier molecular flexibility index (Phi) is 13.0. The van der Waals surface area contributed by atoms with Crippen molar-refractivity contribution >= 4 is 101 Å². The molecule has 0 radical (unpaired) electrons. The quantitative estimate of drug-likeness (QED) is 0.148. The van der Waals surface area contributed by atoms with Crippen LogP contribution in [0.3, 0.4) is 0 Å². The highest BCUT2D eigenvalue weighted by atomic mass is 15.2. The zero-order chi connectivity index (χ0) is 66.2. The van der Waals surface area contributed by atoms with Crippen molar-refractivity contribution in [2.75, 3.05) is 9.80 Å². The maximum absolute atomic E-state index is 2.63. The monoisotopic (exact) mass is 1250 g/mol. The van der Waals surface area contributed by atoms with Crippen molar-refractivity contribution in [3.05, 3.63) is 283 Å². The van der Waals surface area contributed by atoms with Crippen molar-refractivity contribution in [3.63, 3.8) is 0 Å². The molecule has 5 heteroatoms. The zero-order valence-corrected chi connectivity index (χ0v) is 57.9. The van der Waals surface area contributed by atoms with Crippen LogP contribution in [0.15, 0.2) is 255 Å². The van der Waals surface area contributed by atoms with E-state index in [-0.39, 0.29) is 33.8 Å². The highest BCUT2D eigenvalue weighted by Gasteiger charge is 2.45. The van der Waals surface area contributed by atoms with Gasteiger partial charge in [-0.3, -0.25) is 0 Å². The predicted molar refractivity (Wildman–Crippen MR) is 415 cm³/mol. The van der Waals surface area contributed by atoms with E-state index in [4.69, 9.17) is 0 Å². The van der Waals surface area contributed by atoms with Gasteiger partial charge in [-0.15, -0.1) is 0 Å². The molecule has 0 spiro atoms. The number of aromatic nitrogens is 2. The molecular weight excluding hydrogens is 1170 g/mol. The largest absolute Gasteiger partial charge is 0.311 e. The van der Waals surface area contributed by atoms with Crippen molar-refractivity contribution in [2.45, 2.75) is 129 Å². The molecule has 18 rings (SSSR count). The van der Waals surface area contributed by atoms with Gasteiger partial charge in [-0.1, -0.05) is 252 Å². The molecule has 0 N–H and O–H groups in total. The van der Waals surface area contributed by atoms with E-state index >= 15 is 0 Å². The molecule has 2 aliphatic carbocycles. The van der Waals surface area contributed by atoms with Crippen molar-refractivity contribution in [1.82, 2.24) is 9.13 Å². The number of para-hydroxylation sites is 4. The summed E-state index contributed by atoms with van der Waals surface area (Å²) in [4.78, 5) is 5.24. The fourth-order valence-electron chi connectivity index (χ4n) is 17.9. The number of hydrogen-bond acceptors (Lipinski definition) is 2. The third kappa shape index (κ3) is 9.16. The second-order valence-corrected chi connectivity index (χ2v) is 32.2. The molecule has 12 aromatic carbocycles. The van der Waals surface area contributed by atoms with E-state index in [1.54, 1.807) is 0 Å². The van der Waals surface area contributed by atoms with Gasteiger partial charge in [0.05, 0.1) is 27.8 Å². The first-order chi connectivity index (χ1) is 46.7. The Morgan fingerprint density at radius 2 is 0.680 bits per heavy atom.